The van der Waals surface area contributed by atoms with Crippen molar-refractivity contribution in [2.75, 3.05) is 29.4 Å². The fraction of sp³-hybridized carbons (Fsp3) is 0.500. The molecule has 0 spiro atoms. The summed E-state index contributed by atoms with van der Waals surface area (Å²) in [5.74, 6) is -3.15. The standard InChI is InChI=1S/C22H25F2N5O3/c1-13-11-27(21(31)32-20-5-6-22(20,23)24)19-7-15(3-4-18(19)29(13)14(2)30)16-8-26-28(12-16)17-9-25-10-17/h3-4,7-8,12-13,17,20,25H,5-6,9-11H2,1-2H3/t13?,20-/m0/s1. The molecule has 2 atom stereocenters. The SMILES string of the molecule is CC(=O)N1c2ccc(-c3cnn(C4CNC4)c3)cc2N(C(=O)O[C@H]2CCC2(F)F)CC1C. The average Bonchev–Trinajstić information content (AvgIpc) is 3.17. The van der Waals surface area contributed by atoms with Gasteiger partial charge in [0.25, 0.3) is 5.92 Å². The molecule has 8 nitrogen and oxygen atoms in total. The molecule has 170 valence electrons. The van der Waals surface area contributed by atoms with Gasteiger partial charge in [0.15, 0.2) is 6.10 Å². The number of alkyl halides is 2. The first-order chi connectivity index (χ1) is 15.2. The molecule has 5 rings (SSSR count). The number of fused-ring (bicyclic) bond motifs is 1. The largest absolute Gasteiger partial charge is 0.439 e. The smallest absolute Gasteiger partial charge is 0.414 e. The molecule has 3 aliphatic rings. The first-order valence-corrected chi connectivity index (χ1v) is 10.8. The van der Waals surface area contributed by atoms with Gasteiger partial charge in [0, 0.05) is 44.7 Å². The minimum Gasteiger partial charge on any atom is -0.439 e. The highest BCUT2D eigenvalue weighted by Crippen LogP contribution is 2.42. The van der Waals surface area contributed by atoms with E-state index in [4.69, 9.17) is 4.74 Å². The fourth-order valence-corrected chi connectivity index (χ4v) is 4.42. The molecule has 2 aromatic rings. The molecule has 2 fully saturated rings. The van der Waals surface area contributed by atoms with Gasteiger partial charge in [-0.1, -0.05) is 6.07 Å². The molecule has 2 amide bonds. The number of benzene rings is 1. The van der Waals surface area contributed by atoms with E-state index in [1.807, 2.05) is 23.9 Å². The highest BCUT2D eigenvalue weighted by molar-refractivity contribution is 6.03. The summed E-state index contributed by atoms with van der Waals surface area (Å²) in [5, 5.41) is 7.64. The van der Waals surface area contributed by atoms with Crippen LogP contribution in [0.3, 0.4) is 0 Å². The molecule has 0 bridgehead atoms. The zero-order valence-electron chi connectivity index (χ0n) is 17.9. The Bertz CT molecular complexity index is 1070. The van der Waals surface area contributed by atoms with Crippen LogP contribution < -0.4 is 15.1 Å². The van der Waals surface area contributed by atoms with Crippen LogP contribution >= 0.6 is 0 Å². The maximum atomic E-state index is 13.7. The van der Waals surface area contributed by atoms with Crippen molar-refractivity contribution in [1.29, 1.82) is 0 Å². The number of hydrogen-bond donors (Lipinski definition) is 1. The summed E-state index contributed by atoms with van der Waals surface area (Å²) in [6.45, 7) is 5.16. The zero-order valence-corrected chi connectivity index (χ0v) is 17.9. The summed E-state index contributed by atoms with van der Waals surface area (Å²) in [4.78, 5) is 28.2. The highest BCUT2D eigenvalue weighted by atomic mass is 19.3. The van der Waals surface area contributed by atoms with Gasteiger partial charge in [-0.05, 0) is 31.0 Å². The number of nitrogens with one attached hydrogen (secondary N) is 1. The minimum absolute atomic E-state index is 0.143. The number of aromatic nitrogens is 2. The van der Waals surface area contributed by atoms with Gasteiger partial charge >= 0.3 is 6.09 Å². The number of nitrogens with zero attached hydrogens (tertiary/aromatic N) is 4. The third kappa shape index (κ3) is 3.42. The van der Waals surface area contributed by atoms with Crippen molar-refractivity contribution in [2.45, 2.75) is 50.8 Å². The zero-order chi connectivity index (χ0) is 22.6. The molecule has 32 heavy (non-hydrogen) atoms. The lowest BCUT2D eigenvalue weighted by Gasteiger charge is -2.42. The predicted molar refractivity (Wildman–Crippen MR) is 114 cm³/mol. The Balaban J connectivity index is 1.49. The number of amides is 2. The summed E-state index contributed by atoms with van der Waals surface area (Å²) in [7, 11) is 0. The van der Waals surface area contributed by atoms with E-state index in [2.05, 4.69) is 10.4 Å². The Morgan fingerprint density at radius 1 is 1.22 bits per heavy atom. The molecule has 2 aliphatic heterocycles. The predicted octanol–water partition coefficient (Wildman–Crippen LogP) is 3.19. The highest BCUT2D eigenvalue weighted by Gasteiger charge is 2.52. The number of rotatable bonds is 3. The van der Waals surface area contributed by atoms with E-state index in [9.17, 15) is 18.4 Å². The average molecular weight is 445 g/mol. The molecule has 1 aromatic carbocycles. The number of anilines is 2. The van der Waals surface area contributed by atoms with Gasteiger partial charge in [-0.25, -0.2) is 13.6 Å². The van der Waals surface area contributed by atoms with Gasteiger partial charge in [0.05, 0.1) is 29.7 Å². The summed E-state index contributed by atoms with van der Waals surface area (Å²) in [6.07, 6.45) is 1.34. The lowest BCUT2D eigenvalue weighted by molar-refractivity contribution is -0.175. The summed E-state index contributed by atoms with van der Waals surface area (Å²) < 4.78 is 34.4. The molecule has 3 heterocycles. The van der Waals surface area contributed by atoms with Crippen LogP contribution in [-0.4, -0.2) is 59.5 Å². The fourth-order valence-electron chi connectivity index (χ4n) is 4.42. The van der Waals surface area contributed by atoms with Gasteiger partial charge in [-0.2, -0.15) is 5.10 Å². The van der Waals surface area contributed by atoms with Crippen molar-refractivity contribution in [3.05, 3.63) is 30.6 Å². The van der Waals surface area contributed by atoms with E-state index in [1.165, 1.54) is 11.8 Å². The molecule has 1 N–H and O–H groups in total. The third-order valence-corrected chi connectivity index (χ3v) is 6.50. The van der Waals surface area contributed by atoms with Crippen LogP contribution in [0.15, 0.2) is 30.6 Å². The molecule has 1 aliphatic carbocycles. The van der Waals surface area contributed by atoms with Crippen LogP contribution in [0.1, 0.15) is 32.7 Å². The van der Waals surface area contributed by atoms with Crippen molar-refractivity contribution in [2.24, 2.45) is 0 Å². The second-order valence-electron chi connectivity index (χ2n) is 8.75. The van der Waals surface area contributed by atoms with Crippen molar-refractivity contribution >= 4 is 23.4 Å². The van der Waals surface area contributed by atoms with Crippen LogP contribution in [-0.2, 0) is 9.53 Å². The number of halogens is 2. The van der Waals surface area contributed by atoms with E-state index >= 15 is 0 Å². The van der Waals surface area contributed by atoms with Crippen LogP contribution in [0.5, 0.6) is 0 Å². The van der Waals surface area contributed by atoms with Crippen molar-refractivity contribution < 1.29 is 23.1 Å². The van der Waals surface area contributed by atoms with Gasteiger partial charge in [0.1, 0.15) is 0 Å². The third-order valence-electron chi connectivity index (χ3n) is 6.50. The minimum atomic E-state index is -2.99. The summed E-state index contributed by atoms with van der Waals surface area (Å²) in [6, 6.07) is 5.43. The monoisotopic (exact) mass is 445 g/mol. The number of carbonyl (C=O) groups is 2. The van der Waals surface area contributed by atoms with Gasteiger partial charge < -0.3 is 15.0 Å². The van der Waals surface area contributed by atoms with Gasteiger partial charge in [-0.15, -0.1) is 0 Å². The Morgan fingerprint density at radius 3 is 2.59 bits per heavy atom. The van der Waals surface area contributed by atoms with Crippen LogP contribution in [0.4, 0.5) is 25.0 Å². The molecule has 1 aromatic heterocycles. The second kappa shape index (κ2) is 7.54. The van der Waals surface area contributed by atoms with Crippen molar-refractivity contribution in [3.8, 4) is 11.1 Å². The van der Waals surface area contributed by atoms with E-state index in [0.29, 0.717) is 17.4 Å². The summed E-state index contributed by atoms with van der Waals surface area (Å²) in [5.41, 5.74) is 2.69. The van der Waals surface area contributed by atoms with Gasteiger partial charge in [-0.3, -0.25) is 14.4 Å². The van der Waals surface area contributed by atoms with Crippen LogP contribution in [0.2, 0.25) is 0 Å². The molecule has 1 unspecified atom stereocenters. The van der Waals surface area contributed by atoms with E-state index in [0.717, 1.165) is 24.2 Å². The lowest BCUT2D eigenvalue weighted by Crippen LogP contribution is -2.54. The molecule has 1 saturated carbocycles. The van der Waals surface area contributed by atoms with Crippen LogP contribution in [0.25, 0.3) is 11.1 Å². The molecular formula is C22H25F2N5O3. The maximum Gasteiger partial charge on any atom is 0.414 e. The first kappa shape index (κ1) is 20.9. The van der Waals surface area contributed by atoms with E-state index in [-0.39, 0.29) is 31.3 Å². The Morgan fingerprint density at radius 2 is 2.00 bits per heavy atom. The second-order valence-corrected chi connectivity index (χ2v) is 8.75. The topological polar surface area (TPSA) is 79.7 Å². The van der Waals surface area contributed by atoms with Crippen LogP contribution in [0, 0.1) is 0 Å². The molecule has 1 saturated heterocycles. The molecule has 10 heteroatoms. The number of hydrogen-bond acceptors (Lipinski definition) is 5. The lowest BCUT2D eigenvalue weighted by atomic mass is 9.91. The molecule has 0 radical (unpaired) electrons. The van der Waals surface area contributed by atoms with E-state index in [1.54, 1.807) is 23.2 Å². The van der Waals surface area contributed by atoms with Gasteiger partial charge in [0.2, 0.25) is 5.91 Å². The maximum absolute atomic E-state index is 13.7. The Labute approximate surface area is 184 Å². The van der Waals surface area contributed by atoms with Crippen molar-refractivity contribution in [3.63, 3.8) is 0 Å². The Hall–Kier alpha value is -3.01. The quantitative estimate of drug-likeness (QED) is 0.785. The van der Waals surface area contributed by atoms with E-state index < -0.39 is 18.1 Å². The summed E-state index contributed by atoms with van der Waals surface area (Å²) >= 11 is 0. The number of ether oxygens (including phenoxy) is 1. The normalized spacial score (nSPS) is 24.4. The first-order valence-electron chi connectivity index (χ1n) is 10.8. The molecular weight excluding hydrogens is 420 g/mol. The Kier molecular flexibility index (Phi) is 4.92. The number of carbonyl (C=O) groups excluding carboxylic acids is 2. The van der Waals surface area contributed by atoms with Crippen molar-refractivity contribution in [1.82, 2.24) is 15.1 Å².